The lowest BCUT2D eigenvalue weighted by atomic mass is 10.1. The van der Waals surface area contributed by atoms with Crippen LogP contribution in [0.5, 0.6) is 11.5 Å². The second kappa shape index (κ2) is 10.3. The van der Waals surface area contributed by atoms with Gasteiger partial charge in [-0.05, 0) is 72.6 Å². The number of carbonyl (C=O) groups is 1. The topological polar surface area (TPSA) is 88.6 Å². The SMILES string of the molecule is COc1ccc(C=NNC(=O)c2cc(-c3ccc(OCc4ccc(C)cc4)cc3)n[nH]2)cc1. The fraction of sp³-hybridized carbons (Fsp3) is 0.115. The van der Waals surface area contributed by atoms with Crippen LogP contribution < -0.4 is 14.9 Å². The Morgan fingerprint density at radius 2 is 1.70 bits per heavy atom. The van der Waals surface area contributed by atoms with Gasteiger partial charge in [0, 0.05) is 5.56 Å². The van der Waals surface area contributed by atoms with Crippen molar-refractivity contribution in [3.8, 4) is 22.8 Å². The van der Waals surface area contributed by atoms with Gasteiger partial charge < -0.3 is 9.47 Å². The maximum Gasteiger partial charge on any atom is 0.289 e. The highest BCUT2D eigenvalue weighted by molar-refractivity contribution is 5.94. The Morgan fingerprint density at radius 3 is 2.39 bits per heavy atom. The average molecular weight is 441 g/mol. The van der Waals surface area contributed by atoms with Crippen LogP contribution in [0.2, 0.25) is 0 Å². The maximum atomic E-state index is 12.3. The van der Waals surface area contributed by atoms with Crippen LogP contribution in [0.1, 0.15) is 27.2 Å². The number of hydrogen-bond acceptors (Lipinski definition) is 5. The number of aromatic amines is 1. The van der Waals surface area contributed by atoms with Crippen LogP contribution >= 0.6 is 0 Å². The predicted molar refractivity (Wildman–Crippen MR) is 128 cm³/mol. The summed E-state index contributed by atoms with van der Waals surface area (Å²) in [4.78, 5) is 12.3. The molecule has 0 aliphatic heterocycles. The first-order chi connectivity index (χ1) is 16.1. The van der Waals surface area contributed by atoms with Crippen molar-refractivity contribution in [2.75, 3.05) is 7.11 Å². The van der Waals surface area contributed by atoms with E-state index in [-0.39, 0.29) is 5.91 Å². The number of aromatic nitrogens is 2. The van der Waals surface area contributed by atoms with Crippen molar-refractivity contribution in [2.45, 2.75) is 13.5 Å². The Kier molecular flexibility index (Phi) is 6.80. The molecule has 0 aliphatic rings. The summed E-state index contributed by atoms with van der Waals surface area (Å²) < 4.78 is 11.0. The van der Waals surface area contributed by atoms with Crippen molar-refractivity contribution >= 4 is 12.1 Å². The Hall–Kier alpha value is -4.39. The molecule has 0 aliphatic carbocycles. The van der Waals surface area contributed by atoms with Gasteiger partial charge in [0.25, 0.3) is 5.91 Å². The molecular formula is C26H24N4O3. The van der Waals surface area contributed by atoms with Crippen LogP contribution in [0.4, 0.5) is 0 Å². The highest BCUT2D eigenvalue weighted by Crippen LogP contribution is 2.22. The molecule has 0 fully saturated rings. The van der Waals surface area contributed by atoms with E-state index in [4.69, 9.17) is 9.47 Å². The van der Waals surface area contributed by atoms with Gasteiger partial charge >= 0.3 is 0 Å². The lowest BCUT2D eigenvalue weighted by Gasteiger charge is -2.07. The first-order valence-electron chi connectivity index (χ1n) is 10.4. The second-order valence-electron chi connectivity index (χ2n) is 7.44. The van der Waals surface area contributed by atoms with Crippen LogP contribution in [-0.2, 0) is 6.61 Å². The number of amides is 1. The Morgan fingerprint density at radius 1 is 1.00 bits per heavy atom. The van der Waals surface area contributed by atoms with E-state index < -0.39 is 0 Å². The van der Waals surface area contributed by atoms with Crippen molar-refractivity contribution in [3.05, 3.63) is 101 Å². The maximum absolute atomic E-state index is 12.3. The van der Waals surface area contributed by atoms with Gasteiger partial charge in [0.1, 0.15) is 23.8 Å². The van der Waals surface area contributed by atoms with E-state index in [0.717, 1.165) is 28.2 Å². The summed E-state index contributed by atoms with van der Waals surface area (Å²) in [6, 6.07) is 24.8. The zero-order chi connectivity index (χ0) is 23.0. The number of benzene rings is 3. The monoisotopic (exact) mass is 440 g/mol. The zero-order valence-corrected chi connectivity index (χ0v) is 18.4. The largest absolute Gasteiger partial charge is 0.497 e. The van der Waals surface area contributed by atoms with Gasteiger partial charge in [-0.25, -0.2) is 5.43 Å². The van der Waals surface area contributed by atoms with Crippen molar-refractivity contribution in [1.82, 2.24) is 15.6 Å². The first-order valence-corrected chi connectivity index (χ1v) is 10.4. The molecule has 0 saturated carbocycles. The number of nitrogens with zero attached hydrogens (tertiary/aromatic N) is 2. The standard InChI is InChI=1S/C26H24N4O3/c1-18-3-5-20(6-4-18)17-33-23-13-9-21(10-14-23)24-15-25(29-28-24)26(31)30-27-16-19-7-11-22(32-2)12-8-19/h3-16H,17H2,1-2H3,(H,28,29)(H,30,31). The Labute approximate surface area is 192 Å². The summed E-state index contributed by atoms with van der Waals surface area (Å²) in [6.45, 7) is 2.56. The predicted octanol–water partition coefficient (Wildman–Crippen LogP) is 4.74. The minimum absolute atomic E-state index is 0.316. The van der Waals surface area contributed by atoms with Gasteiger partial charge in [-0.15, -0.1) is 0 Å². The van der Waals surface area contributed by atoms with Gasteiger partial charge in [-0.2, -0.15) is 10.2 Å². The summed E-state index contributed by atoms with van der Waals surface area (Å²) in [5.74, 6) is 1.14. The highest BCUT2D eigenvalue weighted by Gasteiger charge is 2.10. The number of hydrogen-bond donors (Lipinski definition) is 2. The van der Waals surface area contributed by atoms with Gasteiger partial charge in [-0.1, -0.05) is 29.8 Å². The number of hydrazone groups is 1. The number of carbonyl (C=O) groups excluding carboxylic acids is 1. The molecule has 0 atom stereocenters. The molecule has 166 valence electrons. The quantitative estimate of drug-likeness (QED) is 0.306. The number of rotatable bonds is 8. The molecule has 0 unspecified atom stereocenters. The number of nitrogens with one attached hydrogen (secondary N) is 2. The summed E-state index contributed by atoms with van der Waals surface area (Å²) in [5, 5.41) is 11.0. The molecule has 1 amide bonds. The molecule has 2 N–H and O–H groups in total. The molecule has 7 heteroatoms. The zero-order valence-electron chi connectivity index (χ0n) is 18.4. The molecule has 1 heterocycles. The number of methoxy groups -OCH3 is 1. The van der Waals surface area contributed by atoms with Crippen LogP contribution in [0.3, 0.4) is 0 Å². The number of H-pyrrole nitrogens is 1. The molecule has 33 heavy (non-hydrogen) atoms. The van der Waals surface area contributed by atoms with Crippen molar-refractivity contribution in [1.29, 1.82) is 0 Å². The van der Waals surface area contributed by atoms with Crippen LogP contribution in [-0.4, -0.2) is 29.4 Å². The fourth-order valence-corrected chi connectivity index (χ4v) is 3.07. The molecule has 4 rings (SSSR count). The molecular weight excluding hydrogens is 416 g/mol. The minimum atomic E-state index is -0.378. The van der Waals surface area contributed by atoms with E-state index in [1.54, 1.807) is 19.4 Å². The smallest absolute Gasteiger partial charge is 0.289 e. The van der Waals surface area contributed by atoms with Gasteiger partial charge in [-0.3, -0.25) is 9.89 Å². The van der Waals surface area contributed by atoms with E-state index >= 15 is 0 Å². The number of aryl methyl sites for hydroxylation is 1. The molecule has 0 radical (unpaired) electrons. The Bertz CT molecular complexity index is 1230. The lowest BCUT2D eigenvalue weighted by molar-refractivity contribution is 0.0950. The van der Waals surface area contributed by atoms with Gasteiger partial charge in [0.05, 0.1) is 19.0 Å². The van der Waals surface area contributed by atoms with Crippen molar-refractivity contribution in [2.24, 2.45) is 5.10 Å². The van der Waals surface area contributed by atoms with Gasteiger partial charge in [0.15, 0.2) is 0 Å². The summed E-state index contributed by atoms with van der Waals surface area (Å²) >= 11 is 0. The van der Waals surface area contributed by atoms with Crippen LogP contribution in [0.15, 0.2) is 84.0 Å². The first kappa shape index (κ1) is 21.8. The average Bonchev–Trinajstić information content (AvgIpc) is 3.35. The molecule has 7 nitrogen and oxygen atoms in total. The Balaban J connectivity index is 1.32. The lowest BCUT2D eigenvalue weighted by Crippen LogP contribution is -2.17. The van der Waals surface area contributed by atoms with E-state index in [1.165, 1.54) is 5.56 Å². The van der Waals surface area contributed by atoms with Gasteiger partial charge in [0.2, 0.25) is 0 Å². The van der Waals surface area contributed by atoms with E-state index in [2.05, 4.69) is 51.9 Å². The normalized spacial score (nSPS) is 10.8. The van der Waals surface area contributed by atoms with E-state index in [0.29, 0.717) is 18.0 Å². The minimum Gasteiger partial charge on any atom is -0.497 e. The third kappa shape index (κ3) is 5.86. The summed E-state index contributed by atoms with van der Waals surface area (Å²) in [7, 11) is 1.61. The van der Waals surface area contributed by atoms with Crippen LogP contribution in [0, 0.1) is 6.92 Å². The summed E-state index contributed by atoms with van der Waals surface area (Å²) in [6.07, 6.45) is 1.56. The van der Waals surface area contributed by atoms with E-state index in [1.807, 2.05) is 48.5 Å². The molecule has 1 aromatic heterocycles. The van der Waals surface area contributed by atoms with Crippen LogP contribution in [0.25, 0.3) is 11.3 Å². The molecule has 0 saturated heterocycles. The molecule has 0 spiro atoms. The molecule has 4 aromatic rings. The molecule has 0 bridgehead atoms. The highest BCUT2D eigenvalue weighted by atomic mass is 16.5. The van der Waals surface area contributed by atoms with Crippen molar-refractivity contribution < 1.29 is 14.3 Å². The molecule has 3 aromatic carbocycles. The van der Waals surface area contributed by atoms with E-state index in [9.17, 15) is 4.79 Å². The van der Waals surface area contributed by atoms with Crippen molar-refractivity contribution in [3.63, 3.8) is 0 Å². The fourth-order valence-electron chi connectivity index (χ4n) is 3.07. The summed E-state index contributed by atoms with van der Waals surface area (Å²) in [5.41, 5.74) is 7.51. The number of ether oxygens (including phenoxy) is 2. The second-order valence-corrected chi connectivity index (χ2v) is 7.44. The third-order valence-electron chi connectivity index (χ3n) is 4.99. The third-order valence-corrected chi connectivity index (χ3v) is 4.99.